The first kappa shape index (κ1) is 17.2. The quantitative estimate of drug-likeness (QED) is 0.662. The van der Waals surface area contributed by atoms with Crippen LogP contribution in [0.3, 0.4) is 0 Å². The standard InChI is InChI=1S/C13H8F3N5.Eu/c14-13(15,16)12-19-11(20-21-12)10-6-3-5-9(18-10)8-4-1-2-7-17-8;/h1-7H,(H,19,20,21);. The van der Waals surface area contributed by atoms with Gasteiger partial charge in [0.1, 0.15) is 5.69 Å². The molecule has 3 aromatic rings. The molecular weight excluding hydrogens is 435 g/mol. The van der Waals surface area contributed by atoms with E-state index in [4.69, 9.17) is 0 Å². The number of nitrogens with zero attached hydrogens (tertiary/aromatic N) is 4. The molecule has 3 heterocycles. The van der Waals surface area contributed by atoms with Crippen LogP contribution in [0.4, 0.5) is 13.2 Å². The molecular formula is C13H8EuF3N5. The van der Waals surface area contributed by atoms with Crippen LogP contribution in [0.15, 0.2) is 42.6 Å². The Hall–Kier alpha value is -1.19. The second kappa shape index (κ2) is 6.93. The Labute approximate surface area is 164 Å². The van der Waals surface area contributed by atoms with Crippen LogP contribution in [0.1, 0.15) is 5.82 Å². The molecule has 3 aromatic heterocycles. The van der Waals surface area contributed by atoms with Gasteiger partial charge in [-0.2, -0.15) is 13.2 Å². The summed E-state index contributed by atoms with van der Waals surface area (Å²) in [6.45, 7) is 0. The van der Waals surface area contributed by atoms with Crippen molar-refractivity contribution in [2.24, 2.45) is 0 Å². The van der Waals surface area contributed by atoms with E-state index in [9.17, 15) is 13.2 Å². The van der Waals surface area contributed by atoms with E-state index in [1.807, 2.05) is 0 Å². The minimum absolute atomic E-state index is 0. The Bertz CT molecular complexity index is 758. The van der Waals surface area contributed by atoms with E-state index in [-0.39, 0.29) is 60.9 Å². The van der Waals surface area contributed by atoms with E-state index in [1.165, 1.54) is 0 Å². The van der Waals surface area contributed by atoms with E-state index < -0.39 is 12.0 Å². The van der Waals surface area contributed by atoms with E-state index in [0.717, 1.165) is 0 Å². The molecule has 0 bridgehead atoms. The fourth-order valence-electron chi connectivity index (χ4n) is 1.73. The summed E-state index contributed by atoms with van der Waals surface area (Å²) < 4.78 is 37.5. The molecule has 1 radical (unpaired) electrons. The number of aromatic amines is 1. The van der Waals surface area contributed by atoms with Crippen molar-refractivity contribution in [2.75, 3.05) is 0 Å². The van der Waals surface area contributed by atoms with Gasteiger partial charge in [-0.3, -0.25) is 10.1 Å². The Balaban J connectivity index is 0.00000176. The van der Waals surface area contributed by atoms with Crippen molar-refractivity contribution in [1.29, 1.82) is 0 Å². The molecule has 3 rings (SSSR count). The Morgan fingerprint density at radius 3 is 2.23 bits per heavy atom. The largest absolute Gasteiger partial charge is 0.453 e. The molecule has 0 spiro atoms. The second-order valence-corrected chi connectivity index (χ2v) is 4.13. The summed E-state index contributed by atoms with van der Waals surface area (Å²) >= 11 is 0. The zero-order valence-corrected chi connectivity index (χ0v) is 13.3. The van der Waals surface area contributed by atoms with Crippen molar-refractivity contribution in [3.63, 3.8) is 0 Å². The van der Waals surface area contributed by atoms with Gasteiger partial charge in [0.15, 0.2) is 5.82 Å². The molecule has 0 fully saturated rings. The van der Waals surface area contributed by atoms with Crippen molar-refractivity contribution >= 4 is 0 Å². The van der Waals surface area contributed by atoms with Gasteiger partial charge in [-0.15, -0.1) is 5.10 Å². The first-order chi connectivity index (χ1) is 10.0. The summed E-state index contributed by atoms with van der Waals surface area (Å²) in [4.78, 5) is 11.8. The summed E-state index contributed by atoms with van der Waals surface area (Å²) in [5.74, 6) is -1.26. The summed E-state index contributed by atoms with van der Waals surface area (Å²) in [5.41, 5.74) is 1.43. The van der Waals surface area contributed by atoms with Crippen LogP contribution < -0.4 is 0 Å². The molecule has 0 amide bonds. The van der Waals surface area contributed by atoms with E-state index in [1.54, 1.807) is 42.6 Å². The SMILES string of the molecule is FC(F)(F)c1n[nH]c(-c2cccc(-c3ccccn3)n2)n1.[Eu]. The average molecular weight is 443 g/mol. The fraction of sp³-hybridized carbons (Fsp3) is 0.0769. The molecule has 5 nitrogen and oxygen atoms in total. The van der Waals surface area contributed by atoms with Crippen LogP contribution >= 0.6 is 0 Å². The van der Waals surface area contributed by atoms with Crippen LogP contribution in [0.25, 0.3) is 22.9 Å². The van der Waals surface area contributed by atoms with Crippen LogP contribution in [0, 0.1) is 49.4 Å². The number of hydrogen-bond acceptors (Lipinski definition) is 4. The van der Waals surface area contributed by atoms with Gasteiger partial charge in [0.05, 0.1) is 11.4 Å². The van der Waals surface area contributed by atoms with Gasteiger partial charge in [-0.1, -0.05) is 12.1 Å². The number of rotatable bonds is 2. The fourth-order valence-corrected chi connectivity index (χ4v) is 1.73. The van der Waals surface area contributed by atoms with Crippen molar-refractivity contribution in [2.45, 2.75) is 6.18 Å². The van der Waals surface area contributed by atoms with Crippen molar-refractivity contribution in [3.05, 3.63) is 48.4 Å². The van der Waals surface area contributed by atoms with Crippen LogP contribution in [-0.4, -0.2) is 25.1 Å². The third kappa shape index (κ3) is 3.77. The maximum atomic E-state index is 12.5. The van der Waals surface area contributed by atoms with Gasteiger partial charge in [0, 0.05) is 55.6 Å². The first-order valence-corrected chi connectivity index (χ1v) is 5.92. The summed E-state index contributed by atoms with van der Waals surface area (Å²) in [5, 5.41) is 5.39. The third-order valence-electron chi connectivity index (χ3n) is 2.66. The summed E-state index contributed by atoms with van der Waals surface area (Å²) in [7, 11) is 0. The van der Waals surface area contributed by atoms with Crippen LogP contribution in [0.2, 0.25) is 0 Å². The van der Waals surface area contributed by atoms with Gasteiger partial charge < -0.3 is 0 Å². The van der Waals surface area contributed by atoms with E-state index in [0.29, 0.717) is 11.4 Å². The number of alkyl halides is 3. The van der Waals surface area contributed by atoms with Gasteiger partial charge >= 0.3 is 6.18 Å². The van der Waals surface area contributed by atoms with Crippen molar-refractivity contribution in [1.82, 2.24) is 25.1 Å². The molecule has 0 unspecified atom stereocenters. The molecule has 113 valence electrons. The predicted molar refractivity (Wildman–Crippen MR) is 67.8 cm³/mol. The number of nitrogens with one attached hydrogen (secondary N) is 1. The van der Waals surface area contributed by atoms with Crippen molar-refractivity contribution < 1.29 is 62.5 Å². The second-order valence-electron chi connectivity index (χ2n) is 4.13. The number of hydrogen-bond donors (Lipinski definition) is 1. The number of pyridine rings is 2. The van der Waals surface area contributed by atoms with E-state index >= 15 is 0 Å². The van der Waals surface area contributed by atoms with Gasteiger partial charge in [-0.25, -0.2) is 9.97 Å². The Morgan fingerprint density at radius 1 is 0.864 bits per heavy atom. The molecule has 0 atom stereocenters. The molecule has 0 saturated carbocycles. The zero-order chi connectivity index (χ0) is 14.9. The molecule has 0 aliphatic carbocycles. The zero-order valence-electron chi connectivity index (χ0n) is 10.8. The summed E-state index contributed by atoms with van der Waals surface area (Å²) in [6.07, 6.45) is -2.98. The molecule has 0 aromatic carbocycles. The van der Waals surface area contributed by atoms with E-state index in [2.05, 4.69) is 25.1 Å². The van der Waals surface area contributed by atoms with Gasteiger partial charge in [0.25, 0.3) is 5.82 Å². The molecule has 22 heavy (non-hydrogen) atoms. The minimum atomic E-state index is -4.59. The molecule has 1 N–H and O–H groups in total. The monoisotopic (exact) mass is 444 g/mol. The normalized spacial score (nSPS) is 11.0. The molecule has 0 aliphatic rings. The first-order valence-electron chi connectivity index (χ1n) is 5.92. The molecule has 0 saturated heterocycles. The van der Waals surface area contributed by atoms with Gasteiger partial charge in [0.2, 0.25) is 0 Å². The predicted octanol–water partition coefficient (Wildman–Crippen LogP) is 2.95. The Morgan fingerprint density at radius 2 is 1.59 bits per heavy atom. The molecule has 9 heteroatoms. The minimum Gasteiger partial charge on any atom is -0.257 e. The smallest absolute Gasteiger partial charge is 0.257 e. The topological polar surface area (TPSA) is 67.3 Å². The summed E-state index contributed by atoms with van der Waals surface area (Å²) in [6, 6.07) is 10.3. The van der Waals surface area contributed by atoms with Crippen molar-refractivity contribution in [3.8, 4) is 22.9 Å². The maximum absolute atomic E-state index is 12.5. The molecule has 0 aliphatic heterocycles. The number of aromatic nitrogens is 5. The van der Waals surface area contributed by atoms with Crippen LogP contribution in [0.5, 0.6) is 0 Å². The third-order valence-corrected chi connectivity index (χ3v) is 2.66. The Kier molecular flexibility index (Phi) is 5.41. The number of halogens is 3. The maximum Gasteiger partial charge on any atom is 0.453 e. The van der Waals surface area contributed by atoms with Crippen LogP contribution in [-0.2, 0) is 6.18 Å². The van der Waals surface area contributed by atoms with Gasteiger partial charge in [-0.05, 0) is 24.3 Å². The number of H-pyrrole nitrogens is 1. The average Bonchev–Trinajstić information content (AvgIpc) is 2.98.